The number of ether oxygens (including phenoxy) is 1. The summed E-state index contributed by atoms with van der Waals surface area (Å²) in [5, 5.41) is 9.29. The van der Waals surface area contributed by atoms with E-state index in [1.807, 2.05) is 0 Å². The molecule has 2 fully saturated rings. The maximum Gasteiger partial charge on any atom is 0.308 e. The van der Waals surface area contributed by atoms with Crippen molar-refractivity contribution in [3.63, 3.8) is 0 Å². The molecule has 0 bridgehead atoms. The normalized spacial score (nSPS) is 23.7. The van der Waals surface area contributed by atoms with Crippen molar-refractivity contribution in [3.8, 4) is 5.75 Å². The van der Waals surface area contributed by atoms with Crippen molar-refractivity contribution in [2.24, 2.45) is 5.92 Å². The average Bonchev–Trinajstić information content (AvgIpc) is 2.77. The van der Waals surface area contributed by atoms with Gasteiger partial charge in [0.1, 0.15) is 10.5 Å². The van der Waals surface area contributed by atoms with E-state index in [-0.39, 0.29) is 37.6 Å². The Morgan fingerprint density at radius 1 is 1.33 bits per heavy atom. The zero-order valence-corrected chi connectivity index (χ0v) is 14.1. The summed E-state index contributed by atoms with van der Waals surface area (Å²) in [7, 11) is -1.98. The zero-order valence-electron chi connectivity index (χ0n) is 13.3. The number of rotatable bonds is 4. The first-order valence-corrected chi connectivity index (χ1v) is 9.31. The Balaban J connectivity index is 1.73. The van der Waals surface area contributed by atoms with Gasteiger partial charge in [-0.3, -0.25) is 9.59 Å². The molecule has 3 rings (SSSR count). The number of methoxy groups -OCH3 is 1. The lowest BCUT2D eigenvalue weighted by Gasteiger charge is -2.48. The molecule has 0 radical (unpaired) electrons. The first kappa shape index (κ1) is 16.8. The molecule has 1 N–H and O–H groups in total. The van der Waals surface area contributed by atoms with Crippen LogP contribution in [-0.2, 0) is 25.8 Å². The van der Waals surface area contributed by atoms with E-state index in [1.54, 1.807) is 24.3 Å². The van der Waals surface area contributed by atoms with Crippen LogP contribution in [0, 0.1) is 5.92 Å². The Morgan fingerprint density at radius 3 is 2.62 bits per heavy atom. The van der Waals surface area contributed by atoms with Crippen molar-refractivity contribution >= 4 is 21.7 Å². The van der Waals surface area contributed by atoms with E-state index in [2.05, 4.69) is 0 Å². The van der Waals surface area contributed by atoms with Gasteiger partial charge in [-0.25, -0.2) is 8.42 Å². The Morgan fingerprint density at radius 2 is 2.00 bits per heavy atom. The number of carbonyl (C=O) groups is 2. The van der Waals surface area contributed by atoms with E-state index >= 15 is 0 Å². The fraction of sp³-hybridized carbons (Fsp3) is 0.500. The van der Waals surface area contributed by atoms with Gasteiger partial charge in [-0.15, -0.1) is 0 Å². The second-order valence-corrected chi connectivity index (χ2v) is 8.75. The van der Waals surface area contributed by atoms with Crippen LogP contribution in [0.1, 0.15) is 12.0 Å². The third kappa shape index (κ3) is 2.45. The molecule has 8 heteroatoms. The van der Waals surface area contributed by atoms with Crippen LogP contribution in [-0.4, -0.2) is 61.0 Å². The number of benzene rings is 1. The minimum Gasteiger partial charge on any atom is -0.496 e. The molecule has 1 atom stereocenters. The lowest BCUT2D eigenvalue weighted by atomic mass is 9.83. The molecule has 1 spiro atoms. The van der Waals surface area contributed by atoms with E-state index in [9.17, 15) is 23.1 Å². The third-order valence-corrected chi connectivity index (χ3v) is 7.59. The van der Waals surface area contributed by atoms with Gasteiger partial charge < -0.3 is 14.7 Å². The van der Waals surface area contributed by atoms with Gasteiger partial charge in [0.15, 0.2) is 9.84 Å². The second kappa shape index (κ2) is 5.77. The van der Waals surface area contributed by atoms with E-state index in [1.165, 1.54) is 12.0 Å². The van der Waals surface area contributed by atoms with Gasteiger partial charge in [-0.2, -0.15) is 0 Å². The maximum absolute atomic E-state index is 12.4. The van der Waals surface area contributed by atoms with Gasteiger partial charge in [0.05, 0.1) is 25.2 Å². The van der Waals surface area contributed by atoms with Gasteiger partial charge in [-0.05, 0) is 12.5 Å². The van der Waals surface area contributed by atoms with Crippen molar-refractivity contribution in [1.29, 1.82) is 0 Å². The molecular weight excluding hydrogens is 334 g/mol. The van der Waals surface area contributed by atoms with Crippen LogP contribution in [0.5, 0.6) is 5.75 Å². The molecule has 0 aliphatic carbocycles. The van der Waals surface area contributed by atoms with Crippen LogP contribution in [0.2, 0.25) is 0 Å². The molecule has 7 nitrogen and oxygen atoms in total. The number of aliphatic carboxylic acids is 1. The summed E-state index contributed by atoms with van der Waals surface area (Å²) < 4.78 is 28.5. The highest BCUT2D eigenvalue weighted by Gasteiger charge is 2.64. The molecule has 24 heavy (non-hydrogen) atoms. The van der Waals surface area contributed by atoms with Crippen molar-refractivity contribution in [3.05, 3.63) is 29.8 Å². The van der Waals surface area contributed by atoms with Gasteiger partial charge in [0, 0.05) is 18.7 Å². The van der Waals surface area contributed by atoms with E-state index < -0.39 is 26.5 Å². The topological polar surface area (TPSA) is 101 Å². The molecule has 0 saturated carbocycles. The SMILES string of the molecule is COc1ccccc1CC(=O)N1CC2(C1)C(C(=O)O)CCS2(=O)=O. The van der Waals surface area contributed by atoms with Crippen LogP contribution < -0.4 is 4.74 Å². The summed E-state index contributed by atoms with van der Waals surface area (Å²) in [5.41, 5.74) is 0.718. The summed E-state index contributed by atoms with van der Waals surface area (Å²) >= 11 is 0. The highest BCUT2D eigenvalue weighted by Crippen LogP contribution is 2.45. The Hall–Kier alpha value is -2.09. The first-order chi connectivity index (χ1) is 11.3. The van der Waals surface area contributed by atoms with Crippen molar-refractivity contribution in [2.45, 2.75) is 17.6 Å². The number of carbonyl (C=O) groups excluding carboxylic acids is 1. The Bertz CT molecular complexity index is 782. The van der Waals surface area contributed by atoms with Crippen LogP contribution >= 0.6 is 0 Å². The molecule has 1 unspecified atom stereocenters. The summed E-state index contributed by atoms with van der Waals surface area (Å²) in [4.78, 5) is 25.2. The lowest BCUT2D eigenvalue weighted by Crippen LogP contribution is -2.69. The number of carboxylic acids is 1. The predicted octanol–water partition coefficient (Wildman–Crippen LogP) is 0.338. The quantitative estimate of drug-likeness (QED) is 0.838. The number of para-hydroxylation sites is 1. The molecule has 1 aromatic carbocycles. The fourth-order valence-corrected chi connectivity index (χ4v) is 5.93. The average molecular weight is 353 g/mol. The number of amides is 1. The predicted molar refractivity (Wildman–Crippen MR) is 85.5 cm³/mol. The third-order valence-electron chi connectivity index (χ3n) is 5.03. The van der Waals surface area contributed by atoms with Gasteiger partial charge >= 0.3 is 5.97 Å². The minimum absolute atomic E-state index is 0.0414. The van der Waals surface area contributed by atoms with Crippen LogP contribution in [0.3, 0.4) is 0 Å². The molecule has 2 aliphatic heterocycles. The molecule has 1 aromatic rings. The lowest BCUT2D eigenvalue weighted by molar-refractivity contribution is -0.148. The van der Waals surface area contributed by atoms with Gasteiger partial charge in [0.2, 0.25) is 5.91 Å². The Labute approximate surface area is 140 Å². The smallest absolute Gasteiger partial charge is 0.308 e. The van der Waals surface area contributed by atoms with Crippen molar-refractivity contribution in [1.82, 2.24) is 4.90 Å². The largest absolute Gasteiger partial charge is 0.496 e. The molecule has 2 heterocycles. The standard InChI is InChI=1S/C16H19NO6S/c1-23-13-5-3-2-4-11(13)8-14(18)17-9-16(10-17)12(15(19)20)6-7-24(16,21)22/h2-5,12H,6-10H2,1H3,(H,19,20). The summed E-state index contributed by atoms with van der Waals surface area (Å²) in [6.45, 7) is -0.0828. The number of hydrogen-bond acceptors (Lipinski definition) is 5. The molecule has 2 saturated heterocycles. The Kier molecular flexibility index (Phi) is 4.03. The summed E-state index contributed by atoms with van der Waals surface area (Å²) in [5.74, 6) is -1.79. The number of nitrogens with zero attached hydrogens (tertiary/aromatic N) is 1. The number of likely N-dealkylation sites (tertiary alicyclic amines) is 1. The highest BCUT2D eigenvalue weighted by atomic mass is 32.2. The molecular formula is C16H19NO6S. The molecule has 0 aromatic heterocycles. The van der Waals surface area contributed by atoms with Crippen LogP contribution in [0.25, 0.3) is 0 Å². The van der Waals surface area contributed by atoms with E-state index in [0.717, 1.165) is 5.56 Å². The summed E-state index contributed by atoms with van der Waals surface area (Å²) in [6.07, 6.45) is 0.212. The molecule has 2 aliphatic rings. The van der Waals surface area contributed by atoms with Crippen LogP contribution in [0.4, 0.5) is 0 Å². The van der Waals surface area contributed by atoms with Crippen molar-refractivity contribution in [2.75, 3.05) is 26.0 Å². The number of carboxylic acid groups (broad SMARTS) is 1. The molecule has 1 amide bonds. The maximum atomic E-state index is 12.4. The van der Waals surface area contributed by atoms with Gasteiger partial charge in [0.25, 0.3) is 0 Å². The zero-order chi connectivity index (χ0) is 17.5. The first-order valence-electron chi connectivity index (χ1n) is 7.65. The van der Waals surface area contributed by atoms with E-state index in [0.29, 0.717) is 5.75 Å². The minimum atomic E-state index is -3.50. The number of sulfone groups is 1. The van der Waals surface area contributed by atoms with Gasteiger partial charge in [-0.1, -0.05) is 18.2 Å². The van der Waals surface area contributed by atoms with Crippen molar-refractivity contribution < 1.29 is 27.9 Å². The highest BCUT2D eigenvalue weighted by molar-refractivity contribution is 7.93. The molecule has 130 valence electrons. The number of hydrogen-bond donors (Lipinski definition) is 1. The fourth-order valence-electron chi connectivity index (χ4n) is 3.62. The van der Waals surface area contributed by atoms with E-state index in [4.69, 9.17) is 4.74 Å². The monoisotopic (exact) mass is 353 g/mol. The summed E-state index contributed by atoms with van der Waals surface area (Å²) in [6, 6.07) is 7.12. The second-order valence-electron chi connectivity index (χ2n) is 6.30. The van der Waals surface area contributed by atoms with Crippen LogP contribution in [0.15, 0.2) is 24.3 Å².